The number of aliphatic hydroxyl groups excluding tert-OH is 3. The van der Waals surface area contributed by atoms with E-state index >= 15 is 0 Å². The summed E-state index contributed by atoms with van der Waals surface area (Å²) in [5.41, 5.74) is -4.73. The number of methoxy groups -OCH3 is 2. The van der Waals surface area contributed by atoms with Gasteiger partial charge in [-0.15, -0.1) is 0 Å². The third kappa shape index (κ3) is 2.09. The fourth-order valence-electron chi connectivity index (χ4n) is 1.99. The van der Waals surface area contributed by atoms with Gasteiger partial charge in [0.25, 0.3) is 0 Å². The zero-order chi connectivity index (χ0) is 13.0. The largest absolute Gasteiger partial charge is 0.393 e. The average Bonchev–Trinajstić information content (AvgIpc) is 2.24. The molecular weight excluding hydrogens is 216 g/mol. The van der Waals surface area contributed by atoms with Gasteiger partial charge < -0.3 is 29.9 Å². The van der Waals surface area contributed by atoms with E-state index in [-0.39, 0.29) is 0 Å². The SMILES string of the molecule is COC(CO)(CO)C(CO)(OC)C(C)(C)O. The Morgan fingerprint density at radius 2 is 1.31 bits per heavy atom. The molecule has 0 fully saturated rings. The van der Waals surface area contributed by atoms with Gasteiger partial charge >= 0.3 is 0 Å². The lowest BCUT2D eigenvalue weighted by Gasteiger charge is -2.51. The Labute approximate surface area is 95.4 Å². The van der Waals surface area contributed by atoms with E-state index in [2.05, 4.69) is 0 Å². The van der Waals surface area contributed by atoms with Gasteiger partial charge in [0, 0.05) is 14.2 Å². The number of hydrogen-bond acceptors (Lipinski definition) is 6. The minimum Gasteiger partial charge on any atom is -0.393 e. The summed E-state index contributed by atoms with van der Waals surface area (Å²) in [4.78, 5) is 0. The summed E-state index contributed by atoms with van der Waals surface area (Å²) >= 11 is 0. The smallest absolute Gasteiger partial charge is 0.152 e. The molecule has 0 saturated heterocycles. The second-order valence-electron chi connectivity index (χ2n) is 4.26. The van der Waals surface area contributed by atoms with Crippen molar-refractivity contribution in [2.24, 2.45) is 0 Å². The third-order valence-corrected chi connectivity index (χ3v) is 3.20. The van der Waals surface area contributed by atoms with E-state index in [1.54, 1.807) is 0 Å². The van der Waals surface area contributed by atoms with Gasteiger partial charge in [-0.3, -0.25) is 0 Å². The Balaban J connectivity index is 5.64. The highest BCUT2D eigenvalue weighted by atomic mass is 16.6. The summed E-state index contributed by atoms with van der Waals surface area (Å²) in [6, 6.07) is 0. The zero-order valence-electron chi connectivity index (χ0n) is 10.2. The van der Waals surface area contributed by atoms with Crippen molar-refractivity contribution >= 4 is 0 Å². The molecule has 0 aliphatic carbocycles. The van der Waals surface area contributed by atoms with Crippen LogP contribution in [-0.2, 0) is 9.47 Å². The van der Waals surface area contributed by atoms with Crippen molar-refractivity contribution in [3.8, 4) is 0 Å². The number of hydrogen-bond donors (Lipinski definition) is 4. The van der Waals surface area contributed by atoms with E-state index in [0.29, 0.717) is 0 Å². The summed E-state index contributed by atoms with van der Waals surface area (Å²) in [5.74, 6) is 0. The number of rotatable bonds is 7. The Kier molecular flexibility index (Phi) is 5.31. The van der Waals surface area contributed by atoms with Crippen LogP contribution in [0.25, 0.3) is 0 Å². The van der Waals surface area contributed by atoms with Gasteiger partial charge in [0.15, 0.2) is 5.60 Å². The van der Waals surface area contributed by atoms with Crippen LogP contribution < -0.4 is 0 Å². The van der Waals surface area contributed by atoms with Crippen molar-refractivity contribution in [2.45, 2.75) is 30.7 Å². The highest BCUT2D eigenvalue weighted by molar-refractivity contribution is 5.10. The molecule has 0 amide bonds. The van der Waals surface area contributed by atoms with Crippen molar-refractivity contribution < 1.29 is 29.9 Å². The first kappa shape index (κ1) is 15.8. The third-order valence-electron chi connectivity index (χ3n) is 3.20. The molecule has 16 heavy (non-hydrogen) atoms. The summed E-state index contributed by atoms with van der Waals surface area (Å²) in [6.07, 6.45) is 0. The Hall–Kier alpha value is -0.240. The van der Waals surface area contributed by atoms with Crippen LogP contribution in [0.3, 0.4) is 0 Å². The fraction of sp³-hybridized carbons (Fsp3) is 1.00. The first-order chi connectivity index (χ1) is 7.30. The minimum atomic E-state index is -1.63. The topological polar surface area (TPSA) is 99.4 Å². The van der Waals surface area contributed by atoms with Crippen LogP contribution in [0.15, 0.2) is 0 Å². The summed E-state index contributed by atoms with van der Waals surface area (Å²) in [6.45, 7) is 1.01. The molecule has 4 N–H and O–H groups in total. The number of aliphatic hydroxyl groups is 4. The lowest BCUT2D eigenvalue weighted by atomic mass is 9.72. The van der Waals surface area contributed by atoms with Crippen LogP contribution >= 0.6 is 0 Å². The van der Waals surface area contributed by atoms with Crippen LogP contribution in [0.1, 0.15) is 13.8 Å². The number of ether oxygens (including phenoxy) is 2. The van der Waals surface area contributed by atoms with Crippen LogP contribution in [-0.4, -0.2) is 71.3 Å². The molecule has 0 aromatic heterocycles. The maximum atomic E-state index is 10.1. The molecule has 0 aliphatic rings. The average molecular weight is 238 g/mol. The van der Waals surface area contributed by atoms with E-state index in [4.69, 9.17) is 9.47 Å². The predicted molar refractivity (Wildman–Crippen MR) is 57.0 cm³/mol. The van der Waals surface area contributed by atoms with Gasteiger partial charge in [-0.1, -0.05) is 0 Å². The molecule has 0 aromatic carbocycles. The molecule has 0 bridgehead atoms. The van der Waals surface area contributed by atoms with Gasteiger partial charge in [-0.2, -0.15) is 0 Å². The van der Waals surface area contributed by atoms with E-state index in [1.165, 1.54) is 28.1 Å². The normalized spacial score (nSPS) is 17.2. The van der Waals surface area contributed by atoms with Crippen LogP contribution in [0.2, 0.25) is 0 Å². The van der Waals surface area contributed by atoms with Crippen molar-refractivity contribution in [3.63, 3.8) is 0 Å². The molecule has 98 valence electrons. The standard InChI is InChI=1S/C10H22O6/c1-8(2,14)10(7-13,16-4)9(5-11,6-12)15-3/h11-14H,5-7H2,1-4H3. The summed E-state index contributed by atoms with van der Waals surface area (Å²) in [7, 11) is 2.54. The van der Waals surface area contributed by atoms with Crippen molar-refractivity contribution in [2.75, 3.05) is 34.0 Å². The lowest BCUT2D eigenvalue weighted by Crippen LogP contribution is -2.72. The highest BCUT2D eigenvalue weighted by Crippen LogP contribution is 2.37. The predicted octanol–water partition coefficient (Wildman–Crippen LogP) is -1.50. The van der Waals surface area contributed by atoms with Crippen LogP contribution in [0, 0.1) is 0 Å². The second kappa shape index (κ2) is 5.39. The van der Waals surface area contributed by atoms with Crippen LogP contribution in [0.5, 0.6) is 0 Å². The van der Waals surface area contributed by atoms with Crippen LogP contribution in [0.4, 0.5) is 0 Å². The molecule has 0 heterocycles. The molecule has 0 radical (unpaired) electrons. The Bertz CT molecular complexity index is 194. The first-order valence-corrected chi connectivity index (χ1v) is 4.96. The van der Waals surface area contributed by atoms with Crippen molar-refractivity contribution in [3.05, 3.63) is 0 Å². The summed E-state index contributed by atoms with van der Waals surface area (Å²) < 4.78 is 10.2. The lowest BCUT2D eigenvalue weighted by molar-refractivity contribution is -0.288. The van der Waals surface area contributed by atoms with E-state index in [9.17, 15) is 20.4 Å². The molecule has 6 heteroatoms. The Morgan fingerprint density at radius 1 is 0.875 bits per heavy atom. The molecular formula is C10H22O6. The first-order valence-electron chi connectivity index (χ1n) is 4.96. The van der Waals surface area contributed by atoms with Gasteiger partial charge in [-0.05, 0) is 13.8 Å². The van der Waals surface area contributed by atoms with Gasteiger partial charge in [0.2, 0.25) is 0 Å². The molecule has 0 rings (SSSR count). The quantitative estimate of drug-likeness (QED) is 0.431. The molecule has 0 saturated carbocycles. The second-order valence-corrected chi connectivity index (χ2v) is 4.26. The van der Waals surface area contributed by atoms with Gasteiger partial charge in [-0.25, -0.2) is 0 Å². The maximum absolute atomic E-state index is 10.1. The summed E-state index contributed by atoms with van der Waals surface area (Å²) in [5, 5.41) is 38.2. The molecule has 0 aromatic rings. The highest BCUT2D eigenvalue weighted by Gasteiger charge is 2.60. The molecule has 0 aliphatic heterocycles. The molecule has 1 atom stereocenters. The van der Waals surface area contributed by atoms with Gasteiger partial charge in [0.05, 0.1) is 25.4 Å². The van der Waals surface area contributed by atoms with Crippen molar-refractivity contribution in [1.82, 2.24) is 0 Å². The van der Waals surface area contributed by atoms with Crippen molar-refractivity contribution in [1.29, 1.82) is 0 Å². The molecule has 1 unspecified atom stereocenters. The molecule has 6 nitrogen and oxygen atoms in total. The Morgan fingerprint density at radius 3 is 1.38 bits per heavy atom. The molecule has 0 spiro atoms. The minimum absolute atomic E-state index is 0.599. The van der Waals surface area contributed by atoms with E-state index in [0.717, 1.165) is 0 Å². The monoisotopic (exact) mass is 238 g/mol. The van der Waals surface area contributed by atoms with E-state index < -0.39 is 36.6 Å². The maximum Gasteiger partial charge on any atom is 0.152 e. The van der Waals surface area contributed by atoms with Gasteiger partial charge in [0.1, 0.15) is 5.60 Å². The zero-order valence-corrected chi connectivity index (χ0v) is 10.2. The van der Waals surface area contributed by atoms with E-state index in [1.807, 2.05) is 0 Å². The fourth-order valence-corrected chi connectivity index (χ4v) is 1.99.